The smallest absolute Gasteiger partial charge is 0.118 e. The number of nitrogens with two attached hydrogens (primary N) is 1. The number of methoxy groups -OCH3 is 1. The summed E-state index contributed by atoms with van der Waals surface area (Å²) in [6.07, 6.45) is 0.850. The molecule has 0 aliphatic rings. The fourth-order valence-electron chi connectivity index (χ4n) is 2.31. The van der Waals surface area contributed by atoms with E-state index in [1.54, 1.807) is 7.11 Å². The van der Waals surface area contributed by atoms with Gasteiger partial charge in [0.15, 0.2) is 0 Å². The van der Waals surface area contributed by atoms with Crippen LogP contribution in [0.5, 0.6) is 5.75 Å². The van der Waals surface area contributed by atoms with E-state index in [1.807, 2.05) is 24.3 Å². The summed E-state index contributed by atoms with van der Waals surface area (Å²) in [5, 5.41) is 0. The fraction of sp³-hybridized carbons (Fsp3) is 0.294. The van der Waals surface area contributed by atoms with E-state index in [0.29, 0.717) is 0 Å². The molecule has 0 heterocycles. The molecule has 0 saturated heterocycles. The molecule has 0 aliphatic heterocycles. The van der Waals surface area contributed by atoms with E-state index in [4.69, 9.17) is 10.5 Å². The molecule has 2 rings (SSSR count). The van der Waals surface area contributed by atoms with Gasteiger partial charge in [0.25, 0.3) is 0 Å². The van der Waals surface area contributed by atoms with Crippen molar-refractivity contribution in [1.29, 1.82) is 0 Å². The van der Waals surface area contributed by atoms with Crippen LogP contribution in [0.15, 0.2) is 48.5 Å². The number of rotatable bonds is 4. The molecule has 0 aromatic heterocycles. The third-order valence-electron chi connectivity index (χ3n) is 3.73. The van der Waals surface area contributed by atoms with Gasteiger partial charge in [0.1, 0.15) is 5.75 Å². The van der Waals surface area contributed by atoms with Crippen LogP contribution in [0, 0.1) is 6.92 Å². The molecular formula is C17H21NO. The quantitative estimate of drug-likeness (QED) is 0.905. The summed E-state index contributed by atoms with van der Waals surface area (Å²) in [6.45, 7) is 4.20. The van der Waals surface area contributed by atoms with E-state index in [1.165, 1.54) is 5.56 Å². The molecule has 100 valence electrons. The minimum absolute atomic E-state index is 0.444. The molecule has 0 radical (unpaired) electrons. The molecule has 2 aromatic rings. The Hall–Kier alpha value is -1.80. The maximum absolute atomic E-state index is 6.64. The van der Waals surface area contributed by atoms with Crippen molar-refractivity contribution in [3.8, 4) is 5.75 Å². The van der Waals surface area contributed by atoms with Crippen molar-refractivity contribution >= 4 is 0 Å². The summed E-state index contributed by atoms with van der Waals surface area (Å²) in [6, 6.07) is 16.4. The molecule has 19 heavy (non-hydrogen) atoms. The number of benzene rings is 2. The third kappa shape index (κ3) is 2.64. The Bertz CT molecular complexity index is 530. The fourth-order valence-corrected chi connectivity index (χ4v) is 2.31. The summed E-state index contributed by atoms with van der Waals surface area (Å²) >= 11 is 0. The van der Waals surface area contributed by atoms with E-state index in [0.717, 1.165) is 23.3 Å². The standard InChI is InChI=1S/C17H21NO/c1-4-17(18,14-7-5-13(2)6-8-14)15-9-11-16(19-3)12-10-15/h5-12H,4,18H2,1-3H3. The first-order valence-corrected chi connectivity index (χ1v) is 6.60. The molecule has 2 nitrogen and oxygen atoms in total. The van der Waals surface area contributed by atoms with Gasteiger partial charge in [-0.2, -0.15) is 0 Å². The minimum Gasteiger partial charge on any atom is -0.497 e. The van der Waals surface area contributed by atoms with Crippen LogP contribution < -0.4 is 10.5 Å². The van der Waals surface area contributed by atoms with Crippen molar-refractivity contribution in [3.05, 3.63) is 65.2 Å². The van der Waals surface area contributed by atoms with Gasteiger partial charge < -0.3 is 10.5 Å². The lowest BCUT2D eigenvalue weighted by atomic mass is 9.81. The van der Waals surface area contributed by atoms with Crippen molar-refractivity contribution in [2.24, 2.45) is 5.73 Å². The molecule has 0 bridgehead atoms. The van der Waals surface area contributed by atoms with Crippen molar-refractivity contribution in [1.82, 2.24) is 0 Å². The van der Waals surface area contributed by atoms with E-state index < -0.39 is 5.54 Å². The maximum atomic E-state index is 6.64. The molecule has 1 unspecified atom stereocenters. The summed E-state index contributed by atoms with van der Waals surface area (Å²) in [7, 11) is 1.67. The van der Waals surface area contributed by atoms with Crippen molar-refractivity contribution in [2.45, 2.75) is 25.8 Å². The average Bonchev–Trinajstić information content (AvgIpc) is 2.47. The Labute approximate surface area is 115 Å². The van der Waals surface area contributed by atoms with Crippen LogP contribution in [0.25, 0.3) is 0 Å². The lowest BCUT2D eigenvalue weighted by Gasteiger charge is -2.29. The molecule has 0 aliphatic carbocycles. The number of aryl methyl sites for hydroxylation is 1. The Morgan fingerprint density at radius 1 is 0.947 bits per heavy atom. The van der Waals surface area contributed by atoms with Gasteiger partial charge in [-0.1, -0.05) is 48.9 Å². The highest BCUT2D eigenvalue weighted by Gasteiger charge is 2.27. The highest BCUT2D eigenvalue weighted by atomic mass is 16.5. The topological polar surface area (TPSA) is 35.2 Å². The number of ether oxygens (including phenoxy) is 1. The van der Waals surface area contributed by atoms with Gasteiger partial charge in [0.05, 0.1) is 12.6 Å². The van der Waals surface area contributed by atoms with Crippen molar-refractivity contribution in [3.63, 3.8) is 0 Å². The molecule has 2 N–H and O–H groups in total. The van der Waals surface area contributed by atoms with Crippen LogP contribution in [0.2, 0.25) is 0 Å². The normalized spacial score (nSPS) is 13.9. The Balaban J connectivity index is 2.43. The SMILES string of the molecule is CCC(N)(c1ccc(C)cc1)c1ccc(OC)cc1. The molecular weight excluding hydrogens is 234 g/mol. The minimum atomic E-state index is -0.444. The number of hydrogen-bond acceptors (Lipinski definition) is 2. The van der Waals surface area contributed by atoms with E-state index in [2.05, 4.69) is 38.1 Å². The summed E-state index contributed by atoms with van der Waals surface area (Å²) in [5.74, 6) is 0.853. The monoisotopic (exact) mass is 255 g/mol. The second kappa shape index (κ2) is 5.45. The average molecular weight is 255 g/mol. The Morgan fingerprint density at radius 2 is 1.42 bits per heavy atom. The van der Waals surface area contributed by atoms with Gasteiger partial charge in [-0.3, -0.25) is 0 Å². The van der Waals surface area contributed by atoms with Crippen molar-refractivity contribution in [2.75, 3.05) is 7.11 Å². The Morgan fingerprint density at radius 3 is 1.84 bits per heavy atom. The van der Waals surface area contributed by atoms with Crippen LogP contribution >= 0.6 is 0 Å². The van der Waals surface area contributed by atoms with Crippen LogP contribution in [-0.2, 0) is 5.54 Å². The van der Waals surface area contributed by atoms with E-state index >= 15 is 0 Å². The zero-order valence-electron chi connectivity index (χ0n) is 11.8. The third-order valence-corrected chi connectivity index (χ3v) is 3.73. The van der Waals surface area contributed by atoms with Crippen LogP contribution in [0.3, 0.4) is 0 Å². The Kier molecular flexibility index (Phi) is 3.91. The van der Waals surface area contributed by atoms with Gasteiger partial charge in [0.2, 0.25) is 0 Å². The first kappa shape index (κ1) is 13.6. The molecule has 0 saturated carbocycles. The van der Waals surface area contributed by atoms with Gasteiger partial charge in [-0.25, -0.2) is 0 Å². The van der Waals surface area contributed by atoms with E-state index in [9.17, 15) is 0 Å². The van der Waals surface area contributed by atoms with Crippen LogP contribution in [0.1, 0.15) is 30.0 Å². The summed E-state index contributed by atoms with van der Waals surface area (Å²) < 4.78 is 5.20. The number of hydrogen-bond donors (Lipinski definition) is 1. The second-order valence-electron chi connectivity index (χ2n) is 4.92. The zero-order chi connectivity index (χ0) is 13.9. The van der Waals surface area contributed by atoms with Gasteiger partial charge >= 0.3 is 0 Å². The first-order valence-electron chi connectivity index (χ1n) is 6.60. The molecule has 0 amide bonds. The molecule has 2 heteroatoms. The highest BCUT2D eigenvalue weighted by Crippen LogP contribution is 2.31. The lowest BCUT2D eigenvalue weighted by Crippen LogP contribution is -2.37. The maximum Gasteiger partial charge on any atom is 0.118 e. The van der Waals surface area contributed by atoms with Gasteiger partial charge in [-0.05, 0) is 36.6 Å². The largest absolute Gasteiger partial charge is 0.497 e. The predicted molar refractivity (Wildman–Crippen MR) is 79.4 cm³/mol. The lowest BCUT2D eigenvalue weighted by molar-refractivity contribution is 0.414. The molecule has 2 aromatic carbocycles. The van der Waals surface area contributed by atoms with E-state index in [-0.39, 0.29) is 0 Å². The first-order chi connectivity index (χ1) is 9.10. The molecule has 0 fully saturated rings. The van der Waals surface area contributed by atoms with Gasteiger partial charge in [-0.15, -0.1) is 0 Å². The van der Waals surface area contributed by atoms with Crippen molar-refractivity contribution < 1.29 is 4.74 Å². The molecule has 0 spiro atoms. The summed E-state index contributed by atoms with van der Waals surface area (Å²) in [4.78, 5) is 0. The van der Waals surface area contributed by atoms with Gasteiger partial charge in [0, 0.05) is 0 Å². The van der Waals surface area contributed by atoms with Crippen LogP contribution in [0.4, 0.5) is 0 Å². The summed E-state index contributed by atoms with van der Waals surface area (Å²) in [5.41, 5.74) is 9.70. The van der Waals surface area contributed by atoms with Crippen LogP contribution in [-0.4, -0.2) is 7.11 Å². The highest BCUT2D eigenvalue weighted by molar-refractivity contribution is 5.41. The second-order valence-corrected chi connectivity index (χ2v) is 4.92. The molecule has 1 atom stereocenters. The zero-order valence-corrected chi connectivity index (χ0v) is 11.8. The predicted octanol–water partition coefficient (Wildman–Crippen LogP) is 3.62.